The van der Waals surface area contributed by atoms with E-state index in [2.05, 4.69) is 50.3 Å². The maximum absolute atomic E-state index is 12.2. The highest BCUT2D eigenvalue weighted by molar-refractivity contribution is 5.91. The summed E-state index contributed by atoms with van der Waals surface area (Å²) in [5, 5.41) is 3.81. The molecule has 146 valence electrons. The summed E-state index contributed by atoms with van der Waals surface area (Å²) in [6.45, 7) is 0. The van der Waals surface area contributed by atoms with Crippen LogP contribution in [-0.4, -0.2) is 19.9 Å². The van der Waals surface area contributed by atoms with Gasteiger partial charge in [0.1, 0.15) is 0 Å². The third-order valence-electron chi connectivity index (χ3n) is 5.56. The summed E-state index contributed by atoms with van der Waals surface area (Å²) in [7, 11) is 0. The Morgan fingerprint density at radius 2 is 1.58 bits per heavy atom. The Labute approximate surface area is 177 Å². The Balaban J connectivity index is 1.47. The molecule has 6 aromatic rings. The van der Waals surface area contributed by atoms with Gasteiger partial charge < -0.3 is 4.98 Å². The molecule has 0 atom stereocenters. The quantitative estimate of drug-likeness (QED) is 0.425. The summed E-state index contributed by atoms with van der Waals surface area (Å²) >= 11 is 0. The van der Waals surface area contributed by atoms with E-state index in [0.29, 0.717) is 5.39 Å². The maximum Gasteiger partial charge on any atom is 0.189 e. The van der Waals surface area contributed by atoms with E-state index in [-0.39, 0.29) is 5.43 Å². The monoisotopic (exact) mass is 400 g/mol. The Kier molecular flexibility index (Phi) is 3.86. The summed E-state index contributed by atoms with van der Waals surface area (Å²) in [6, 6.07) is 21.7. The number of hydrogen-bond acceptors (Lipinski definition) is 4. The molecule has 0 bridgehead atoms. The first-order chi connectivity index (χ1) is 15.2. The van der Waals surface area contributed by atoms with Crippen molar-refractivity contribution in [3.63, 3.8) is 0 Å². The summed E-state index contributed by atoms with van der Waals surface area (Å²) in [4.78, 5) is 28.7. The highest BCUT2D eigenvalue weighted by Crippen LogP contribution is 2.28. The van der Waals surface area contributed by atoms with Gasteiger partial charge in [0.15, 0.2) is 11.1 Å². The molecular weight excluding hydrogens is 384 g/mol. The van der Waals surface area contributed by atoms with Crippen LogP contribution in [0.5, 0.6) is 0 Å². The molecule has 5 heteroatoms. The van der Waals surface area contributed by atoms with Gasteiger partial charge in [-0.2, -0.15) is 0 Å². The predicted octanol–water partition coefficient (Wildman–Crippen LogP) is 5.35. The fraction of sp³-hybridized carbons (Fsp3) is 0. The SMILES string of the molecule is O=c1cc[nH]c2ccc(-c3cc4cc(-c5cnc6ncccc6c5)ccc4cn3)cc12. The zero-order valence-electron chi connectivity index (χ0n) is 16.4. The normalized spacial score (nSPS) is 11.4. The fourth-order valence-corrected chi connectivity index (χ4v) is 3.93. The molecule has 6 rings (SSSR count). The van der Waals surface area contributed by atoms with Crippen LogP contribution in [0.3, 0.4) is 0 Å². The van der Waals surface area contributed by atoms with Crippen LogP contribution in [-0.2, 0) is 0 Å². The summed E-state index contributed by atoms with van der Waals surface area (Å²) < 4.78 is 0. The van der Waals surface area contributed by atoms with Crippen LogP contribution >= 0.6 is 0 Å². The largest absolute Gasteiger partial charge is 0.361 e. The zero-order valence-corrected chi connectivity index (χ0v) is 16.4. The second kappa shape index (κ2) is 6.85. The molecule has 0 spiro atoms. The predicted molar refractivity (Wildman–Crippen MR) is 124 cm³/mol. The molecule has 2 aromatic carbocycles. The third-order valence-corrected chi connectivity index (χ3v) is 5.56. The van der Waals surface area contributed by atoms with Crippen molar-refractivity contribution in [2.75, 3.05) is 0 Å². The molecule has 4 aromatic heterocycles. The van der Waals surface area contributed by atoms with Crippen molar-refractivity contribution in [1.82, 2.24) is 19.9 Å². The maximum atomic E-state index is 12.2. The topological polar surface area (TPSA) is 71.5 Å². The summed E-state index contributed by atoms with van der Waals surface area (Å²) in [5.74, 6) is 0. The van der Waals surface area contributed by atoms with Crippen LogP contribution in [0, 0.1) is 0 Å². The molecule has 0 aliphatic carbocycles. The molecule has 1 N–H and O–H groups in total. The Morgan fingerprint density at radius 1 is 0.677 bits per heavy atom. The molecule has 0 unspecified atom stereocenters. The Morgan fingerprint density at radius 3 is 2.55 bits per heavy atom. The van der Waals surface area contributed by atoms with E-state index in [9.17, 15) is 4.79 Å². The molecule has 0 saturated carbocycles. The van der Waals surface area contributed by atoms with Crippen LogP contribution in [0.15, 0.2) is 96.3 Å². The number of rotatable bonds is 2. The number of hydrogen-bond donors (Lipinski definition) is 1. The van der Waals surface area contributed by atoms with Crippen molar-refractivity contribution >= 4 is 32.7 Å². The highest BCUT2D eigenvalue weighted by atomic mass is 16.1. The van der Waals surface area contributed by atoms with Crippen LogP contribution in [0.25, 0.3) is 55.1 Å². The van der Waals surface area contributed by atoms with E-state index < -0.39 is 0 Å². The van der Waals surface area contributed by atoms with Gasteiger partial charge >= 0.3 is 0 Å². The highest BCUT2D eigenvalue weighted by Gasteiger charge is 2.07. The van der Waals surface area contributed by atoms with Gasteiger partial charge in [-0.3, -0.25) is 9.78 Å². The first kappa shape index (κ1) is 17.5. The van der Waals surface area contributed by atoms with Gasteiger partial charge in [0.2, 0.25) is 0 Å². The minimum Gasteiger partial charge on any atom is -0.361 e. The van der Waals surface area contributed by atoms with Gasteiger partial charge in [-0.05, 0) is 53.4 Å². The van der Waals surface area contributed by atoms with Gasteiger partial charge in [0.25, 0.3) is 0 Å². The van der Waals surface area contributed by atoms with E-state index in [1.807, 2.05) is 42.7 Å². The van der Waals surface area contributed by atoms with Crippen LogP contribution in [0.1, 0.15) is 0 Å². The van der Waals surface area contributed by atoms with E-state index in [4.69, 9.17) is 0 Å². The van der Waals surface area contributed by atoms with Crippen molar-refractivity contribution in [3.05, 3.63) is 102 Å². The average molecular weight is 400 g/mol. The van der Waals surface area contributed by atoms with E-state index in [0.717, 1.165) is 49.7 Å². The number of fused-ring (bicyclic) bond motifs is 3. The third kappa shape index (κ3) is 3.04. The lowest BCUT2D eigenvalue weighted by atomic mass is 10.0. The van der Waals surface area contributed by atoms with Gasteiger partial charge in [0.05, 0.1) is 5.69 Å². The second-order valence-electron chi connectivity index (χ2n) is 7.51. The van der Waals surface area contributed by atoms with Gasteiger partial charge in [-0.1, -0.05) is 18.2 Å². The molecule has 0 aliphatic rings. The van der Waals surface area contributed by atoms with E-state index in [1.165, 1.54) is 0 Å². The number of H-pyrrole nitrogens is 1. The first-order valence-electron chi connectivity index (χ1n) is 9.97. The number of benzene rings is 2. The lowest BCUT2D eigenvalue weighted by Gasteiger charge is -2.08. The first-order valence-corrected chi connectivity index (χ1v) is 9.97. The molecule has 0 amide bonds. The number of aromatic nitrogens is 4. The van der Waals surface area contributed by atoms with Crippen LogP contribution in [0.2, 0.25) is 0 Å². The molecular formula is C26H16N4O. The number of nitrogens with one attached hydrogen (secondary N) is 1. The smallest absolute Gasteiger partial charge is 0.189 e. The van der Waals surface area contributed by atoms with Gasteiger partial charge in [-0.15, -0.1) is 0 Å². The van der Waals surface area contributed by atoms with Crippen molar-refractivity contribution in [2.24, 2.45) is 0 Å². The fourth-order valence-electron chi connectivity index (χ4n) is 3.93. The Bertz CT molecular complexity index is 1670. The lowest BCUT2D eigenvalue weighted by molar-refractivity contribution is 1.29. The van der Waals surface area contributed by atoms with Gasteiger partial charge in [0, 0.05) is 63.7 Å². The summed E-state index contributed by atoms with van der Waals surface area (Å²) in [5.41, 5.74) is 5.42. The summed E-state index contributed by atoms with van der Waals surface area (Å²) in [6.07, 6.45) is 7.14. The molecule has 4 heterocycles. The van der Waals surface area contributed by atoms with Crippen molar-refractivity contribution < 1.29 is 0 Å². The lowest BCUT2D eigenvalue weighted by Crippen LogP contribution is -2.00. The molecule has 0 radical (unpaired) electrons. The number of aromatic amines is 1. The zero-order chi connectivity index (χ0) is 20.8. The molecule has 31 heavy (non-hydrogen) atoms. The second-order valence-corrected chi connectivity index (χ2v) is 7.51. The minimum atomic E-state index is -0.00281. The Hall–Kier alpha value is -4.38. The van der Waals surface area contributed by atoms with Crippen LogP contribution < -0.4 is 5.43 Å². The number of pyridine rings is 4. The molecule has 0 saturated heterocycles. The molecule has 0 fully saturated rings. The van der Waals surface area contributed by atoms with Gasteiger partial charge in [-0.25, -0.2) is 9.97 Å². The average Bonchev–Trinajstić information content (AvgIpc) is 2.83. The van der Waals surface area contributed by atoms with E-state index >= 15 is 0 Å². The molecule has 0 aliphatic heterocycles. The standard InChI is InChI=1S/C26H16N4O/c31-25-7-9-27-23-6-5-17(12-22(23)25)24-13-20-10-16(3-4-19(20)14-29-24)21-11-18-2-1-8-28-26(18)30-15-21/h1-15H,(H,27,31). The number of nitrogens with zero attached hydrogens (tertiary/aromatic N) is 3. The minimum absolute atomic E-state index is 0.00281. The van der Waals surface area contributed by atoms with Crippen molar-refractivity contribution in [1.29, 1.82) is 0 Å². The van der Waals surface area contributed by atoms with Crippen LogP contribution in [0.4, 0.5) is 0 Å². The van der Waals surface area contributed by atoms with E-state index in [1.54, 1.807) is 18.5 Å². The van der Waals surface area contributed by atoms with Crippen molar-refractivity contribution in [2.45, 2.75) is 0 Å². The molecule has 5 nitrogen and oxygen atoms in total. The van der Waals surface area contributed by atoms with Crippen molar-refractivity contribution in [3.8, 4) is 22.4 Å².